The summed E-state index contributed by atoms with van der Waals surface area (Å²) in [4.78, 5) is 23.7. The number of rotatable bonds is 18. The Bertz CT molecular complexity index is 349. The Morgan fingerprint density at radius 2 is 1.11 bits per heavy atom. The molecule has 0 heterocycles. The SMILES string of the molecule is CCC(CO)(COC(=O)CCCCCCO)COC(=O)CCCCCCO. The van der Waals surface area contributed by atoms with Gasteiger partial charge in [-0.15, -0.1) is 0 Å². The Hall–Kier alpha value is -1.18. The average Bonchev–Trinajstić information content (AvgIpc) is 2.68. The maximum absolute atomic E-state index is 11.8. The molecule has 0 aliphatic heterocycles. The van der Waals surface area contributed by atoms with Crippen LogP contribution < -0.4 is 0 Å². The molecule has 0 amide bonds. The summed E-state index contributed by atoms with van der Waals surface area (Å²) in [6.07, 6.45) is 7.55. The van der Waals surface area contributed by atoms with Crippen molar-refractivity contribution in [1.82, 2.24) is 0 Å². The number of hydrogen-bond donors (Lipinski definition) is 3. The van der Waals surface area contributed by atoms with Crippen LogP contribution in [-0.2, 0) is 19.1 Å². The fraction of sp³-hybridized carbons (Fsp3) is 0.900. The molecule has 7 heteroatoms. The zero-order valence-electron chi connectivity index (χ0n) is 16.8. The van der Waals surface area contributed by atoms with Gasteiger partial charge in [-0.05, 0) is 32.1 Å². The molecule has 0 aromatic rings. The van der Waals surface area contributed by atoms with Crippen molar-refractivity contribution in [2.75, 3.05) is 33.0 Å². The van der Waals surface area contributed by atoms with Crippen molar-refractivity contribution in [1.29, 1.82) is 0 Å². The first-order valence-electron chi connectivity index (χ1n) is 10.2. The van der Waals surface area contributed by atoms with Crippen LogP contribution in [0.15, 0.2) is 0 Å². The summed E-state index contributed by atoms with van der Waals surface area (Å²) in [6, 6.07) is 0. The molecular formula is C20H38O7. The van der Waals surface area contributed by atoms with E-state index < -0.39 is 5.41 Å². The highest BCUT2D eigenvalue weighted by Gasteiger charge is 2.31. The summed E-state index contributed by atoms with van der Waals surface area (Å²) in [7, 11) is 0. The summed E-state index contributed by atoms with van der Waals surface area (Å²) in [5, 5.41) is 27.1. The summed E-state index contributed by atoms with van der Waals surface area (Å²) in [5.74, 6) is -0.638. The predicted molar refractivity (Wildman–Crippen MR) is 102 cm³/mol. The van der Waals surface area contributed by atoms with E-state index in [1.165, 1.54) is 0 Å². The zero-order chi connectivity index (χ0) is 20.4. The molecule has 0 fully saturated rings. The summed E-state index contributed by atoms with van der Waals surface area (Å²) in [6.45, 7) is 2.03. The van der Waals surface area contributed by atoms with Gasteiger partial charge in [0, 0.05) is 26.1 Å². The highest BCUT2D eigenvalue weighted by Crippen LogP contribution is 2.23. The van der Waals surface area contributed by atoms with Crippen LogP contribution in [0.5, 0.6) is 0 Å². The molecule has 0 aliphatic carbocycles. The van der Waals surface area contributed by atoms with Crippen molar-refractivity contribution < 1.29 is 34.4 Å². The molecule has 0 rings (SSSR count). The van der Waals surface area contributed by atoms with Crippen LogP contribution in [0.4, 0.5) is 0 Å². The Morgan fingerprint density at radius 1 is 0.704 bits per heavy atom. The van der Waals surface area contributed by atoms with Crippen molar-refractivity contribution >= 4 is 11.9 Å². The smallest absolute Gasteiger partial charge is 0.305 e. The fourth-order valence-electron chi connectivity index (χ4n) is 2.53. The first-order valence-corrected chi connectivity index (χ1v) is 10.2. The fourth-order valence-corrected chi connectivity index (χ4v) is 2.53. The molecule has 0 radical (unpaired) electrons. The van der Waals surface area contributed by atoms with E-state index >= 15 is 0 Å². The van der Waals surface area contributed by atoms with E-state index in [1.807, 2.05) is 6.92 Å². The molecule has 0 saturated heterocycles. The van der Waals surface area contributed by atoms with E-state index in [1.54, 1.807) is 0 Å². The molecule has 0 bridgehead atoms. The Kier molecular flexibility index (Phi) is 16.2. The number of aliphatic hydroxyl groups excluding tert-OH is 3. The maximum atomic E-state index is 11.8. The van der Waals surface area contributed by atoms with Gasteiger partial charge in [-0.1, -0.05) is 32.6 Å². The molecule has 7 nitrogen and oxygen atoms in total. The van der Waals surface area contributed by atoms with Gasteiger partial charge >= 0.3 is 11.9 Å². The Labute approximate surface area is 163 Å². The van der Waals surface area contributed by atoms with Crippen LogP contribution >= 0.6 is 0 Å². The zero-order valence-corrected chi connectivity index (χ0v) is 16.8. The van der Waals surface area contributed by atoms with Crippen LogP contribution in [0.25, 0.3) is 0 Å². The predicted octanol–water partition coefficient (Wildman–Crippen LogP) is 2.35. The first-order chi connectivity index (χ1) is 13.0. The van der Waals surface area contributed by atoms with Crippen molar-refractivity contribution in [3.05, 3.63) is 0 Å². The Morgan fingerprint density at radius 3 is 1.44 bits per heavy atom. The van der Waals surface area contributed by atoms with Crippen molar-refractivity contribution in [2.24, 2.45) is 5.41 Å². The van der Waals surface area contributed by atoms with E-state index in [0.29, 0.717) is 32.1 Å². The van der Waals surface area contributed by atoms with E-state index in [-0.39, 0.29) is 45.0 Å². The minimum atomic E-state index is -0.765. The Balaban J connectivity index is 4.11. The molecule has 0 saturated carbocycles. The van der Waals surface area contributed by atoms with Gasteiger partial charge in [-0.25, -0.2) is 0 Å². The minimum Gasteiger partial charge on any atom is -0.465 e. The lowest BCUT2D eigenvalue weighted by atomic mass is 9.88. The van der Waals surface area contributed by atoms with Gasteiger partial charge in [0.25, 0.3) is 0 Å². The topological polar surface area (TPSA) is 113 Å². The van der Waals surface area contributed by atoms with E-state index in [4.69, 9.17) is 19.7 Å². The number of carbonyl (C=O) groups is 2. The van der Waals surface area contributed by atoms with Crippen molar-refractivity contribution in [3.63, 3.8) is 0 Å². The lowest BCUT2D eigenvalue weighted by molar-refractivity contribution is -0.156. The average molecular weight is 391 g/mol. The van der Waals surface area contributed by atoms with E-state index in [9.17, 15) is 14.7 Å². The molecular weight excluding hydrogens is 352 g/mol. The van der Waals surface area contributed by atoms with Crippen LogP contribution in [0.1, 0.15) is 77.6 Å². The molecule has 3 N–H and O–H groups in total. The lowest BCUT2D eigenvalue weighted by Crippen LogP contribution is -2.37. The number of unbranched alkanes of at least 4 members (excludes halogenated alkanes) is 6. The third-order valence-corrected chi connectivity index (χ3v) is 4.74. The molecule has 160 valence electrons. The molecule has 0 aliphatic rings. The van der Waals surface area contributed by atoms with Gasteiger partial charge in [-0.3, -0.25) is 9.59 Å². The second kappa shape index (κ2) is 17.0. The van der Waals surface area contributed by atoms with E-state index in [0.717, 1.165) is 38.5 Å². The number of ether oxygens (including phenoxy) is 2. The molecule has 0 atom stereocenters. The molecule has 0 spiro atoms. The molecule has 27 heavy (non-hydrogen) atoms. The largest absolute Gasteiger partial charge is 0.465 e. The van der Waals surface area contributed by atoms with Crippen LogP contribution in [-0.4, -0.2) is 60.3 Å². The number of esters is 2. The van der Waals surface area contributed by atoms with Gasteiger partial charge in [0.1, 0.15) is 13.2 Å². The maximum Gasteiger partial charge on any atom is 0.305 e. The third-order valence-electron chi connectivity index (χ3n) is 4.74. The second-order valence-electron chi connectivity index (χ2n) is 7.11. The van der Waals surface area contributed by atoms with Gasteiger partial charge in [0.15, 0.2) is 0 Å². The monoisotopic (exact) mass is 390 g/mol. The molecule has 0 aromatic carbocycles. The summed E-state index contributed by atoms with van der Waals surface area (Å²) < 4.78 is 10.6. The number of aliphatic hydroxyl groups is 3. The van der Waals surface area contributed by atoms with Crippen molar-refractivity contribution in [2.45, 2.75) is 77.6 Å². The number of hydrogen-bond acceptors (Lipinski definition) is 7. The van der Waals surface area contributed by atoms with Gasteiger partial charge in [0.2, 0.25) is 0 Å². The lowest BCUT2D eigenvalue weighted by Gasteiger charge is -2.29. The van der Waals surface area contributed by atoms with Crippen LogP contribution in [0.2, 0.25) is 0 Å². The van der Waals surface area contributed by atoms with Gasteiger partial charge in [0.05, 0.1) is 12.0 Å². The molecule has 0 unspecified atom stereocenters. The normalized spacial score (nSPS) is 11.4. The highest BCUT2D eigenvalue weighted by atomic mass is 16.5. The first kappa shape index (κ1) is 25.8. The van der Waals surface area contributed by atoms with Crippen molar-refractivity contribution in [3.8, 4) is 0 Å². The highest BCUT2D eigenvalue weighted by molar-refractivity contribution is 5.69. The van der Waals surface area contributed by atoms with Gasteiger partial charge in [-0.2, -0.15) is 0 Å². The van der Waals surface area contributed by atoms with Crippen LogP contribution in [0, 0.1) is 5.41 Å². The quantitative estimate of drug-likeness (QED) is 0.243. The standard InChI is InChI=1S/C20H38O7/c1-2-20(15-23,16-26-18(24)11-7-3-5-9-13-21)17-27-19(25)12-8-4-6-10-14-22/h21-23H,2-17H2,1H3. The second-order valence-corrected chi connectivity index (χ2v) is 7.11. The minimum absolute atomic E-state index is 0.0270. The van der Waals surface area contributed by atoms with E-state index in [2.05, 4.69) is 0 Å². The van der Waals surface area contributed by atoms with Crippen LogP contribution in [0.3, 0.4) is 0 Å². The summed E-state index contributed by atoms with van der Waals surface area (Å²) in [5.41, 5.74) is -0.765. The third kappa shape index (κ3) is 13.6. The summed E-state index contributed by atoms with van der Waals surface area (Å²) >= 11 is 0. The van der Waals surface area contributed by atoms with Gasteiger partial charge < -0.3 is 24.8 Å². The molecule has 0 aromatic heterocycles. The number of carbonyl (C=O) groups excluding carboxylic acids is 2.